The molecule has 106 valence electrons. The van der Waals surface area contributed by atoms with Crippen molar-refractivity contribution in [1.82, 2.24) is 5.32 Å². The van der Waals surface area contributed by atoms with E-state index in [0.717, 1.165) is 29.5 Å². The highest BCUT2D eigenvalue weighted by atomic mass is 79.9. The Morgan fingerprint density at radius 3 is 3.10 bits per heavy atom. The number of nitriles is 1. The normalized spacial score (nSPS) is 22.1. The Bertz CT molecular complexity index is 526. The Kier molecular flexibility index (Phi) is 5.02. The molecule has 1 aliphatic heterocycles. The van der Waals surface area contributed by atoms with E-state index in [-0.39, 0.29) is 24.4 Å². The Labute approximate surface area is 127 Å². The van der Waals surface area contributed by atoms with Crippen LogP contribution in [0.25, 0.3) is 0 Å². The molecule has 2 rings (SSSR count). The summed E-state index contributed by atoms with van der Waals surface area (Å²) < 4.78 is 1.00. The molecular weight excluding hydrogens is 318 g/mol. The Balaban J connectivity index is 2.24. The zero-order valence-electron chi connectivity index (χ0n) is 11.5. The van der Waals surface area contributed by atoms with E-state index in [1.807, 2.05) is 30.3 Å². The van der Waals surface area contributed by atoms with E-state index >= 15 is 0 Å². The predicted octanol–water partition coefficient (Wildman–Crippen LogP) is 2.69. The molecule has 1 aromatic carbocycles. The lowest BCUT2D eigenvalue weighted by atomic mass is 9.89. The third-order valence-corrected chi connectivity index (χ3v) is 4.18. The van der Waals surface area contributed by atoms with E-state index in [2.05, 4.69) is 33.1 Å². The molecule has 20 heavy (non-hydrogen) atoms. The molecule has 1 N–H and O–H groups in total. The molecule has 0 unspecified atom stereocenters. The number of halogens is 1. The second kappa shape index (κ2) is 6.76. The van der Waals surface area contributed by atoms with Gasteiger partial charge in [-0.3, -0.25) is 4.79 Å². The van der Waals surface area contributed by atoms with E-state index < -0.39 is 0 Å². The van der Waals surface area contributed by atoms with Gasteiger partial charge in [-0.25, -0.2) is 0 Å². The minimum Gasteiger partial charge on any atom is -0.359 e. The van der Waals surface area contributed by atoms with Crippen molar-refractivity contribution in [2.45, 2.75) is 25.8 Å². The van der Waals surface area contributed by atoms with Crippen molar-refractivity contribution >= 4 is 27.5 Å². The molecule has 0 aliphatic carbocycles. The number of hydrogen-bond acceptors (Lipinski definition) is 3. The number of piperidine rings is 1. The van der Waals surface area contributed by atoms with Gasteiger partial charge in [-0.2, -0.15) is 5.26 Å². The second-order valence-corrected chi connectivity index (χ2v) is 6.03. The first-order valence-corrected chi connectivity index (χ1v) is 7.59. The van der Waals surface area contributed by atoms with Gasteiger partial charge in [0.25, 0.3) is 0 Å². The van der Waals surface area contributed by atoms with Crippen molar-refractivity contribution in [3.63, 3.8) is 0 Å². The molecule has 0 aromatic heterocycles. The molecule has 2 atom stereocenters. The molecule has 0 spiro atoms. The van der Waals surface area contributed by atoms with Gasteiger partial charge < -0.3 is 10.2 Å². The van der Waals surface area contributed by atoms with Crippen LogP contribution in [0.3, 0.4) is 0 Å². The number of hydrogen-bond donors (Lipinski definition) is 1. The van der Waals surface area contributed by atoms with Crippen LogP contribution in [-0.4, -0.2) is 25.0 Å². The number of amides is 1. The highest BCUT2D eigenvalue weighted by molar-refractivity contribution is 9.10. The van der Waals surface area contributed by atoms with Gasteiger partial charge in [0.05, 0.1) is 6.07 Å². The van der Waals surface area contributed by atoms with Crippen molar-refractivity contribution in [2.75, 3.05) is 18.0 Å². The molecular formula is C15H18BrN3O. The van der Waals surface area contributed by atoms with E-state index in [1.165, 1.54) is 0 Å². The molecule has 1 amide bonds. The Hall–Kier alpha value is -1.54. The lowest BCUT2D eigenvalue weighted by Crippen LogP contribution is -2.53. The van der Waals surface area contributed by atoms with E-state index in [4.69, 9.17) is 5.26 Å². The number of nitrogens with one attached hydrogen (secondary N) is 1. The maximum atomic E-state index is 12.3. The molecule has 0 radical (unpaired) electrons. The predicted molar refractivity (Wildman–Crippen MR) is 82.3 cm³/mol. The molecule has 4 nitrogen and oxygen atoms in total. The highest BCUT2D eigenvalue weighted by Crippen LogP contribution is 2.30. The topological polar surface area (TPSA) is 56.1 Å². The summed E-state index contributed by atoms with van der Waals surface area (Å²) in [5.74, 6) is 0.222. The third-order valence-electron chi connectivity index (χ3n) is 3.68. The van der Waals surface area contributed by atoms with Crippen LogP contribution in [0.1, 0.15) is 19.8 Å². The zero-order chi connectivity index (χ0) is 14.5. The molecule has 0 saturated carbocycles. The number of rotatable bonds is 3. The lowest BCUT2D eigenvalue weighted by Gasteiger charge is -2.40. The lowest BCUT2D eigenvalue weighted by molar-refractivity contribution is -0.123. The highest BCUT2D eigenvalue weighted by Gasteiger charge is 2.34. The van der Waals surface area contributed by atoms with Crippen LogP contribution in [0.4, 0.5) is 5.69 Å². The first kappa shape index (κ1) is 14.9. The fraction of sp³-hybridized carbons (Fsp3) is 0.467. The van der Waals surface area contributed by atoms with Crippen molar-refractivity contribution in [2.24, 2.45) is 5.92 Å². The van der Waals surface area contributed by atoms with Crippen molar-refractivity contribution in [1.29, 1.82) is 5.26 Å². The van der Waals surface area contributed by atoms with Gasteiger partial charge in [0.2, 0.25) is 5.91 Å². The summed E-state index contributed by atoms with van der Waals surface area (Å²) in [6.07, 6.45) is 2.12. The monoisotopic (exact) mass is 335 g/mol. The van der Waals surface area contributed by atoms with Crippen LogP contribution < -0.4 is 10.2 Å². The minimum atomic E-state index is -0.202. The summed E-state index contributed by atoms with van der Waals surface area (Å²) in [6.45, 7) is 3.03. The summed E-state index contributed by atoms with van der Waals surface area (Å²) >= 11 is 3.47. The number of anilines is 1. The number of benzene rings is 1. The van der Waals surface area contributed by atoms with Crippen LogP contribution in [0, 0.1) is 17.2 Å². The first-order chi connectivity index (χ1) is 9.63. The summed E-state index contributed by atoms with van der Waals surface area (Å²) in [6, 6.07) is 9.76. The number of carbonyl (C=O) groups is 1. The summed E-state index contributed by atoms with van der Waals surface area (Å²) in [7, 11) is 0. The zero-order valence-corrected chi connectivity index (χ0v) is 13.1. The van der Waals surface area contributed by atoms with Gasteiger partial charge in [0.1, 0.15) is 12.6 Å². The van der Waals surface area contributed by atoms with Crippen LogP contribution in [0.15, 0.2) is 28.7 Å². The molecule has 1 aromatic rings. The largest absolute Gasteiger partial charge is 0.359 e. The number of nitrogens with zero attached hydrogens (tertiary/aromatic N) is 2. The standard InChI is InChI=1S/C15H18BrN3O/c1-11-4-3-9-19(13-6-2-5-12(16)10-13)14(11)15(20)18-8-7-17/h2,5-6,10-11,14H,3-4,8-9H2,1H3,(H,18,20)/t11-,14+/m0/s1. The van der Waals surface area contributed by atoms with Crippen LogP contribution in [0.2, 0.25) is 0 Å². The van der Waals surface area contributed by atoms with Crippen molar-refractivity contribution in [3.8, 4) is 6.07 Å². The smallest absolute Gasteiger partial charge is 0.243 e. The fourth-order valence-electron chi connectivity index (χ4n) is 2.76. The van der Waals surface area contributed by atoms with Gasteiger partial charge in [-0.15, -0.1) is 0 Å². The van der Waals surface area contributed by atoms with Crippen molar-refractivity contribution < 1.29 is 4.79 Å². The van der Waals surface area contributed by atoms with Crippen LogP contribution in [-0.2, 0) is 4.79 Å². The van der Waals surface area contributed by atoms with Gasteiger partial charge in [-0.05, 0) is 37.0 Å². The SMILES string of the molecule is C[C@H]1CCCN(c2cccc(Br)c2)[C@H]1C(=O)NCC#N. The summed E-state index contributed by atoms with van der Waals surface area (Å²) in [5, 5.41) is 11.3. The van der Waals surface area contributed by atoms with Gasteiger partial charge in [0, 0.05) is 16.7 Å². The quantitative estimate of drug-likeness (QED) is 0.864. The minimum absolute atomic E-state index is 0.0567. The molecule has 1 heterocycles. The second-order valence-electron chi connectivity index (χ2n) is 5.11. The van der Waals surface area contributed by atoms with Crippen LogP contribution in [0.5, 0.6) is 0 Å². The fourth-order valence-corrected chi connectivity index (χ4v) is 3.15. The maximum Gasteiger partial charge on any atom is 0.243 e. The average Bonchev–Trinajstić information content (AvgIpc) is 2.44. The molecule has 1 saturated heterocycles. The number of carbonyl (C=O) groups excluding carboxylic acids is 1. The summed E-state index contributed by atoms with van der Waals surface area (Å²) in [5.41, 5.74) is 1.04. The van der Waals surface area contributed by atoms with E-state index in [0.29, 0.717) is 0 Å². The molecule has 0 bridgehead atoms. The maximum absolute atomic E-state index is 12.3. The van der Waals surface area contributed by atoms with Crippen LogP contribution >= 0.6 is 15.9 Å². The van der Waals surface area contributed by atoms with Gasteiger partial charge in [-0.1, -0.05) is 28.9 Å². The van der Waals surface area contributed by atoms with E-state index in [1.54, 1.807) is 0 Å². The Morgan fingerprint density at radius 1 is 1.60 bits per heavy atom. The first-order valence-electron chi connectivity index (χ1n) is 6.80. The van der Waals surface area contributed by atoms with Gasteiger partial charge >= 0.3 is 0 Å². The third kappa shape index (κ3) is 3.31. The Morgan fingerprint density at radius 2 is 2.40 bits per heavy atom. The van der Waals surface area contributed by atoms with Crippen molar-refractivity contribution in [3.05, 3.63) is 28.7 Å². The molecule has 1 aliphatic rings. The molecule has 1 fully saturated rings. The average molecular weight is 336 g/mol. The molecule has 5 heteroatoms. The van der Waals surface area contributed by atoms with E-state index in [9.17, 15) is 4.79 Å². The van der Waals surface area contributed by atoms with Gasteiger partial charge in [0.15, 0.2) is 0 Å². The summed E-state index contributed by atoms with van der Waals surface area (Å²) in [4.78, 5) is 14.5.